The number of rotatable bonds is 5. The van der Waals surface area contributed by atoms with Crippen LogP contribution in [-0.2, 0) is 4.79 Å². The summed E-state index contributed by atoms with van der Waals surface area (Å²) >= 11 is 0. The highest BCUT2D eigenvalue weighted by molar-refractivity contribution is 5.66. The van der Waals surface area contributed by atoms with E-state index in [1.165, 1.54) is 31.3 Å². The van der Waals surface area contributed by atoms with Crippen LogP contribution in [0.1, 0.15) is 78.6 Å². The number of allylic oxidation sites excluding steroid dienone is 3. The Labute approximate surface area is 169 Å². The molecule has 0 radical (unpaired) electrons. The number of carbonyl (C=O) groups is 1. The van der Waals surface area contributed by atoms with Gasteiger partial charge in [0.2, 0.25) is 0 Å². The lowest BCUT2D eigenvalue weighted by Crippen LogP contribution is -2.36. The lowest BCUT2D eigenvalue weighted by atomic mass is 9.60. The standard InChI is InChI=1S/C24H38O4/c1-15(6-11-23(27)28)20-9-10-21-17(5-4-12-24(20,21)3)7-8-18-13-19(25)14-22(26)16(18)2/h7-8,15-16,19-22,25-26H,4-6,9-14H2,1-3H3,(H,27,28)/b17-7?,18-8-/t15-,16-,19+,20-,21+,22-,24-/m1/s1. The predicted octanol–water partition coefficient (Wildman–Crippen LogP) is 4.71. The molecule has 0 bridgehead atoms. The molecule has 0 heterocycles. The molecule has 158 valence electrons. The minimum atomic E-state index is -0.687. The van der Waals surface area contributed by atoms with E-state index in [2.05, 4.69) is 32.9 Å². The Balaban J connectivity index is 1.75. The Morgan fingerprint density at radius 1 is 1.25 bits per heavy atom. The van der Waals surface area contributed by atoms with Crippen LogP contribution in [0.2, 0.25) is 0 Å². The third kappa shape index (κ3) is 4.38. The first kappa shape index (κ1) is 21.6. The average molecular weight is 391 g/mol. The fourth-order valence-electron chi connectivity index (χ4n) is 6.47. The lowest BCUT2D eigenvalue weighted by molar-refractivity contribution is -0.137. The molecular weight excluding hydrogens is 352 g/mol. The number of fused-ring (bicyclic) bond motifs is 1. The lowest BCUT2D eigenvalue weighted by Gasteiger charge is -2.44. The highest BCUT2D eigenvalue weighted by Crippen LogP contribution is 2.59. The van der Waals surface area contributed by atoms with Crippen molar-refractivity contribution in [2.45, 2.75) is 90.8 Å². The van der Waals surface area contributed by atoms with E-state index in [-0.39, 0.29) is 17.8 Å². The molecule has 0 amide bonds. The van der Waals surface area contributed by atoms with Gasteiger partial charge >= 0.3 is 5.97 Å². The quantitative estimate of drug-likeness (QED) is 0.635. The summed E-state index contributed by atoms with van der Waals surface area (Å²) in [5.41, 5.74) is 2.96. The third-order valence-corrected chi connectivity index (χ3v) is 8.20. The van der Waals surface area contributed by atoms with Gasteiger partial charge in [0, 0.05) is 18.8 Å². The van der Waals surface area contributed by atoms with Gasteiger partial charge in [-0.15, -0.1) is 0 Å². The third-order valence-electron chi connectivity index (χ3n) is 8.20. The molecule has 0 aliphatic heterocycles. The van der Waals surface area contributed by atoms with Crippen LogP contribution in [-0.4, -0.2) is 33.5 Å². The van der Waals surface area contributed by atoms with E-state index in [9.17, 15) is 15.0 Å². The second-order valence-electron chi connectivity index (χ2n) is 9.94. The molecule has 3 N–H and O–H groups in total. The molecule has 3 saturated carbocycles. The number of carboxylic acids is 1. The average Bonchev–Trinajstić information content (AvgIpc) is 2.99. The summed E-state index contributed by atoms with van der Waals surface area (Å²) in [6.07, 6.45) is 11.8. The zero-order chi connectivity index (χ0) is 20.5. The molecule has 0 aromatic carbocycles. The number of hydrogen-bond acceptors (Lipinski definition) is 3. The Morgan fingerprint density at radius 2 is 1.96 bits per heavy atom. The first-order chi connectivity index (χ1) is 13.2. The van der Waals surface area contributed by atoms with Crippen LogP contribution in [0.25, 0.3) is 0 Å². The maximum atomic E-state index is 11.0. The first-order valence-electron chi connectivity index (χ1n) is 11.2. The fraction of sp³-hybridized carbons (Fsp3) is 0.792. The molecule has 7 atom stereocenters. The number of aliphatic hydroxyl groups is 2. The summed E-state index contributed by atoms with van der Waals surface area (Å²) in [5, 5.41) is 29.2. The van der Waals surface area contributed by atoms with Crippen molar-refractivity contribution in [2.24, 2.45) is 29.1 Å². The van der Waals surface area contributed by atoms with Crippen molar-refractivity contribution in [3.8, 4) is 0 Å². The molecule has 3 aliphatic rings. The maximum Gasteiger partial charge on any atom is 0.303 e. The van der Waals surface area contributed by atoms with Crippen LogP contribution in [0, 0.1) is 29.1 Å². The second kappa shape index (κ2) is 8.71. The van der Waals surface area contributed by atoms with E-state index in [1.807, 2.05) is 0 Å². The van der Waals surface area contributed by atoms with Crippen LogP contribution in [0.15, 0.2) is 23.3 Å². The molecular formula is C24H38O4. The summed E-state index contributed by atoms with van der Waals surface area (Å²) in [4.78, 5) is 11.0. The van der Waals surface area contributed by atoms with E-state index in [0.717, 1.165) is 18.4 Å². The van der Waals surface area contributed by atoms with Gasteiger partial charge in [-0.05, 0) is 68.1 Å². The molecule has 3 rings (SSSR count). The van der Waals surface area contributed by atoms with Crippen molar-refractivity contribution in [1.82, 2.24) is 0 Å². The molecule has 0 unspecified atom stereocenters. The topological polar surface area (TPSA) is 77.8 Å². The van der Waals surface area contributed by atoms with E-state index >= 15 is 0 Å². The molecule has 3 fully saturated rings. The van der Waals surface area contributed by atoms with Gasteiger partial charge in [-0.1, -0.05) is 44.1 Å². The van der Waals surface area contributed by atoms with Crippen molar-refractivity contribution in [3.63, 3.8) is 0 Å². The molecule has 4 nitrogen and oxygen atoms in total. The van der Waals surface area contributed by atoms with Crippen LogP contribution in [0.5, 0.6) is 0 Å². The van der Waals surface area contributed by atoms with E-state index in [0.29, 0.717) is 30.6 Å². The molecule has 0 aromatic rings. The number of aliphatic hydroxyl groups excluding tert-OH is 2. The van der Waals surface area contributed by atoms with Crippen LogP contribution >= 0.6 is 0 Å². The summed E-state index contributed by atoms with van der Waals surface area (Å²) < 4.78 is 0. The zero-order valence-electron chi connectivity index (χ0n) is 17.7. The number of aliphatic carboxylic acids is 1. The highest BCUT2D eigenvalue weighted by Gasteiger charge is 2.50. The predicted molar refractivity (Wildman–Crippen MR) is 111 cm³/mol. The second-order valence-corrected chi connectivity index (χ2v) is 9.94. The molecule has 0 spiro atoms. The minimum absolute atomic E-state index is 0.114. The van der Waals surface area contributed by atoms with E-state index in [1.54, 1.807) is 0 Å². The molecule has 4 heteroatoms. The largest absolute Gasteiger partial charge is 0.481 e. The van der Waals surface area contributed by atoms with Crippen molar-refractivity contribution in [1.29, 1.82) is 0 Å². The SMILES string of the molecule is C[C@H](CCC(=O)O)[C@H]1CC[C@H]2C(=C/C=C3/C[C@H](O)C[C@@H](O)[C@@H]3C)CCC[C@]12C. The first-order valence-corrected chi connectivity index (χ1v) is 11.2. The summed E-state index contributed by atoms with van der Waals surface area (Å²) in [6, 6.07) is 0. The molecule has 3 aliphatic carbocycles. The minimum Gasteiger partial charge on any atom is -0.481 e. The van der Waals surface area contributed by atoms with Gasteiger partial charge in [0.15, 0.2) is 0 Å². The van der Waals surface area contributed by atoms with Gasteiger partial charge in [0.05, 0.1) is 12.2 Å². The Hall–Kier alpha value is -1.13. The van der Waals surface area contributed by atoms with Gasteiger partial charge in [0.1, 0.15) is 0 Å². The van der Waals surface area contributed by atoms with Crippen molar-refractivity contribution >= 4 is 5.97 Å². The number of carboxylic acid groups (broad SMARTS) is 1. The Kier molecular flexibility index (Phi) is 6.71. The molecule has 0 saturated heterocycles. The monoisotopic (exact) mass is 390 g/mol. The molecule has 28 heavy (non-hydrogen) atoms. The van der Waals surface area contributed by atoms with Gasteiger partial charge in [0.25, 0.3) is 0 Å². The maximum absolute atomic E-state index is 11.0. The van der Waals surface area contributed by atoms with Crippen molar-refractivity contribution < 1.29 is 20.1 Å². The Morgan fingerprint density at radius 3 is 2.68 bits per heavy atom. The van der Waals surface area contributed by atoms with Crippen LogP contribution < -0.4 is 0 Å². The smallest absolute Gasteiger partial charge is 0.303 e. The van der Waals surface area contributed by atoms with Gasteiger partial charge in [-0.25, -0.2) is 0 Å². The Bertz CT molecular complexity index is 637. The fourth-order valence-corrected chi connectivity index (χ4v) is 6.47. The highest BCUT2D eigenvalue weighted by atomic mass is 16.4. The van der Waals surface area contributed by atoms with Crippen molar-refractivity contribution in [3.05, 3.63) is 23.3 Å². The van der Waals surface area contributed by atoms with Gasteiger partial charge in [-0.3, -0.25) is 4.79 Å². The van der Waals surface area contributed by atoms with Crippen LogP contribution in [0.4, 0.5) is 0 Å². The summed E-state index contributed by atoms with van der Waals surface area (Å²) in [5.74, 6) is 1.07. The van der Waals surface area contributed by atoms with E-state index in [4.69, 9.17) is 5.11 Å². The summed E-state index contributed by atoms with van der Waals surface area (Å²) in [7, 11) is 0. The molecule has 0 aromatic heterocycles. The van der Waals surface area contributed by atoms with Crippen LogP contribution in [0.3, 0.4) is 0 Å². The normalized spacial score (nSPS) is 42.5. The zero-order valence-corrected chi connectivity index (χ0v) is 17.7. The van der Waals surface area contributed by atoms with E-state index < -0.39 is 18.2 Å². The number of hydrogen-bond donors (Lipinski definition) is 3. The van der Waals surface area contributed by atoms with Gasteiger partial charge < -0.3 is 15.3 Å². The van der Waals surface area contributed by atoms with Crippen molar-refractivity contribution in [2.75, 3.05) is 0 Å². The summed E-state index contributed by atoms with van der Waals surface area (Å²) in [6.45, 7) is 6.73. The van der Waals surface area contributed by atoms with Gasteiger partial charge in [-0.2, -0.15) is 0 Å².